The van der Waals surface area contributed by atoms with Gasteiger partial charge < -0.3 is 5.32 Å². The number of carbonyl (C=O) groups excluding carboxylic acids is 2. The molecule has 0 bridgehead atoms. The SMILES string of the molecule is O=C(NCc1ccccc1)C(=O)Nc1ncccn1. The Kier molecular flexibility index (Phi) is 4.17. The molecule has 0 saturated carbocycles. The van der Waals surface area contributed by atoms with Crippen LogP contribution in [0.25, 0.3) is 0 Å². The first-order valence-corrected chi connectivity index (χ1v) is 5.66. The highest BCUT2D eigenvalue weighted by Gasteiger charge is 2.13. The third-order valence-corrected chi connectivity index (χ3v) is 2.29. The van der Waals surface area contributed by atoms with Crippen LogP contribution in [0.4, 0.5) is 5.95 Å². The van der Waals surface area contributed by atoms with Gasteiger partial charge in [0.2, 0.25) is 5.95 Å². The van der Waals surface area contributed by atoms with Crippen molar-refractivity contribution in [2.75, 3.05) is 5.32 Å². The lowest BCUT2D eigenvalue weighted by Gasteiger charge is -2.05. The lowest BCUT2D eigenvalue weighted by atomic mass is 10.2. The highest BCUT2D eigenvalue weighted by molar-refractivity contribution is 6.39. The van der Waals surface area contributed by atoms with E-state index in [2.05, 4.69) is 20.6 Å². The summed E-state index contributed by atoms with van der Waals surface area (Å²) in [5.41, 5.74) is 0.916. The zero-order valence-corrected chi connectivity index (χ0v) is 10.0. The van der Waals surface area contributed by atoms with E-state index in [0.717, 1.165) is 5.56 Å². The lowest BCUT2D eigenvalue weighted by molar-refractivity contribution is -0.136. The molecule has 1 aromatic heterocycles. The second kappa shape index (κ2) is 6.25. The zero-order chi connectivity index (χ0) is 13.5. The summed E-state index contributed by atoms with van der Waals surface area (Å²) in [6.07, 6.45) is 2.95. The molecule has 0 unspecified atom stereocenters. The molecule has 2 rings (SSSR count). The fraction of sp³-hybridized carbons (Fsp3) is 0.0769. The maximum atomic E-state index is 11.5. The second-order valence-corrected chi connectivity index (χ2v) is 3.69. The van der Waals surface area contributed by atoms with Crippen LogP contribution in [0.3, 0.4) is 0 Å². The largest absolute Gasteiger partial charge is 0.344 e. The molecule has 0 fully saturated rings. The van der Waals surface area contributed by atoms with Crippen molar-refractivity contribution in [2.45, 2.75) is 6.54 Å². The first-order chi connectivity index (χ1) is 9.25. The van der Waals surface area contributed by atoms with Crippen LogP contribution in [-0.2, 0) is 16.1 Å². The Balaban J connectivity index is 1.85. The summed E-state index contributed by atoms with van der Waals surface area (Å²) < 4.78 is 0. The van der Waals surface area contributed by atoms with E-state index in [-0.39, 0.29) is 5.95 Å². The Bertz CT molecular complexity index is 557. The van der Waals surface area contributed by atoms with Gasteiger partial charge in [0.15, 0.2) is 0 Å². The molecule has 0 saturated heterocycles. The van der Waals surface area contributed by atoms with Gasteiger partial charge in [-0.1, -0.05) is 30.3 Å². The van der Waals surface area contributed by atoms with Gasteiger partial charge in [-0.15, -0.1) is 0 Å². The average Bonchev–Trinajstić information content (AvgIpc) is 2.47. The predicted octanol–water partition coefficient (Wildman–Crippen LogP) is 0.731. The Hall–Kier alpha value is -2.76. The Morgan fingerprint density at radius 3 is 2.32 bits per heavy atom. The highest BCUT2D eigenvalue weighted by Crippen LogP contribution is 1.97. The van der Waals surface area contributed by atoms with Gasteiger partial charge in [-0.25, -0.2) is 9.97 Å². The maximum Gasteiger partial charge on any atom is 0.316 e. The first-order valence-electron chi connectivity index (χ1n) is 5.66. The van der Waals surface area contributed by atoms with Crippen molar-refractivity contribution in [2.24, 2.45) is 0 Å². The number of amides is 2. The molecule has 0 spiro atoms. The van der Waals surface area contributed by atoms with E-state index in [0.29, 0.717) is 6.54 Å². The van der Waals surface area contributed by atoms with Crippen LogP contribution in [0, 0.1) is 0 Å². The standard InChI is InChI=1S/C13H12N4O2/c18-11(16-9-10-5-2-1-3-6-10)12(19)17-13-14-7-4-8-15-13/h1-8H,9H2,(H,16,18)(H,14,15,17,19). The molecule has 1 heterocycles. The fourth-order valence-corrected chi connectivity index (χ4v) is 1.38. The fourth-order valence-electron chi connectivity index (χ4n) is 1.38. The van der Waals surface area contributed by atoms with Gasteiger partial charge in [0.1, 0.15) is 0 Å². The summed E-state index contributed by atoms with van der Waals surface area (Å²) in [6.45, 7) is 0.294. The van der Waals surface area contributed by atoms with E-state index in [9.17, 15) is 9.59 Å². The van der Waals surface area contributed by atoms with Gasteiger partial charge in [-0.3, -0.25) is 14.9 Å². The molecule has 19 heavy (non-hydrogen) atoms. The van der Waals surface area contributed by atoms with Gasteiger partial charge in [0.25, 0.3) is 0 Å². The third kappa shape index (κ3) is 3.88. The number of benzene rings is 1. The normalized spacial score (nSPS) is 9.68. The number of aromatic nitrogens is 2. The number of rotatable bonds is 3. The molecule has 0 aliphatic heterocycles. The van der Waals surface area contributed by atoms with Crippen LogP contribution in [0.15, 0.2) is 48.8 Å². The van der Waals surface area contributed by atoms with Crippen LogP contribution < -0.4 is 10.6 Å². The van der Waals surface area contributed by atoms with Crippen molar-refractivity contribution in [1.29, 1.82) is 0 Å². The minimum absolute atomic E-state index is 0.0994. The number of nitrogens with zero attached hydrogens (tertiary/aromatic N) is 2. The predicted molar refractivity (Wildman–Crippen MR) is 69.0 cm³/mol. The molecule has 0 aliphatic rings. The number of hydrogen-bond acceptors (Lipinski definition) is 4. The molecule has 96 valence electrons. The van der Waals surface area contributed by atoms with Crippen molar-refractivity contribution in [3.05, 3.63) is 54.4 Å². The summed E-state index contributed by atoms with van der Waals surface area (Å²) in [7, 11) is 0. The minimum Gasteiger partial charge on any atom is -0.344 e. The Labute approximate surface area is 109 Å². The monoisotopic (exact) mass is 256 g/mol. The average molecular weight is 256 g/mol. The highest BCUT2D eigenvalue weighted by atomic mass is 16.2. The summed E-state index contributed by atoms with van der Waals surface area (Å²) >= 11 is 0. The Morgan fingerprint density at radius 1 is 0.947 bits per heavy atom. The zero-order valence-electron chi connectivity index (χ0n) is 10.0. The third-order valence-electron chi connectivity index (χ3n) is 2.29. The lowest BCUT2D eigenvalue weighted by Crippen LogP contribution is -2.35. The summed E-state index contributed by atoms with van der Waals surface area (Å²) in [5, 5.41) is 4.82. The smallest absolute Gasteiger partial charge is 0.316 e. The molecule has 0 aliphatic carbocycles. The van der Waals surface area contributed by atoms with Gasteiger partial charge in [0, 0.05) is 18.9 Å². The number of hydrogen-bond donors (Lipinski definition) is 2. The van der Waals surface area contributed by atoms with Crippen molar-refractivity contribution in [1.82, 2.24) is 15.3 Å². The van der Waals surface area contributed by atoms with E-state index in [1.165, 1.54) is 12.4 Å². The molecule has 1 aromatic carbocycles. The van der Waals surface area contributed by atoms with Crippen LogP contribution in [0.1, 0.15) is 5.56 Å². The van der Waals surface area contributed by atoms with Crippen LogP contribution in [0.2, 0.25) is 0 Å². The van der Waals surface area contributed by atoms with E-state index < -0.39 is 11.8 Å². The molecule has 2 N–H and O–H groups in total. The van der Waals surface area contributed by atoms with Gasteiger partial charge in [0.05, 0.1) is 0 Å². The Morgan fingerprint density at radius 2 is 1.63 bits per heavy atom. The van der Waals surface area contributed by atoms with Crippen LogP contribution in [0.5, 0.6) is 0 Å². The summed E-state index contributed by atoms with van der Waals surface area (Å²) in [5.74, 6) is -1.42. The quantitative estimate of drug-likeness (QED) is 0.793. The van der Waals surface area contributed by atoms with E-state index in [1.54, 1.807) is 6.07 Å². The van der Waals surface area contributed by atoms with E-state index in [4.69, 9.17) is 0 Å². The molecular formula is C13H12N4O2. The number of anilines is 1. The molecular weight excluding hydrogens is 244 g/mol. The number of carbonyl (C=O) groups is 2. The van der Waals surface area contributed by atoms with Crippen LogP contribution in [-0.4, -0.2) is 21.8 Å². The van der Waals surface area contributed by atoms with Crippen molar-refractivity contribution >= 4 is 17.8 Å². The summed E-state index contributed by atoms with van der Waals surface area (Å²) in [4.78, 5) is 30.7. The van der Waals surface area contributed by atoms with Crippen molar-refractivity contribution < 1.29 is 9.59 Å². The van der Waals surface area contributed by atoms with Crippen LogP contribution >= 0.6 is 0 Å². The van der Waals surface area contributed by atoms with Crippen molar-refractivity contribution in [3.8, 4) is 0 Å². The second-order valence-electron chi connectivity index (χ2n) is 3.69. The van der Waals surface area contributed by atoms with E-state index in [1.807, 2.05) is 30.3 Å². The first kappa shape index (κ1) is 12.7. The molecule has 2 aromatic rings. The number of nitrogens with one attached hydrogen (secondary N) is 2. The van der Waals surface area contributed by atoms with E-state index >= 15 is 0 Å². The molecule has 6 nitrogen and oxygen atoms in total. The van der Waals surface area contributed by atoms with Crippen molar-refractivity contribution in [3.63, 3.8) is 0 Å². The molecule has 2 amide bonds. The topological polar surface area (TPSA) is 84.0 Å². The minimum atomic E-state index is -0.790. The summed E-state index contributed by atoms with van der Waals surface area (Å²) in [6, 6.07) is 10.9. The van der Waals surface area contributed by atoms with Gasteiger partial charge in [-0.2, -0.15) is 0 Å². The molecule has 0 atom stereocenters. The molecule has 0 radical (unpaired) electrons. The molecule has 6 heteroatoms. The van der Waals surface area contributed by atoms with Gasteiger partial charge >= 0.3 is 11.8 Å². The maximum absolute atomic E-state index is 11.5. The van der Waals surface area contributed by atoms with Gasteiger partial charge in [-0.05, 0) is 11.6 Å².